The molecule has 2 N–H and O–H groups in total. The molecule has 4 aromatic rings. The minimum Gasteiger partial charge on any atom is -0.495 e. The molecule has 2 amide bonds. The topological polar surface area (TPSA) is 88.5 Å². The lowest BCUT2D eigenvalue weighted by atomic mass is 9.98. The maximum atomic E-state index is 12.8. The van der Waals surface area contributed by atoms with Crippen LogP contribution in [0.3, 0.4) is 0 Å². The van der Waals surface area contributed by atoms with Crippen LogP contribution in [-0.2, 0) is 17.8 Å². The van der Waals surface area contributed by atoms with Crippen LogP contribution < -0.4 is 20.3 Å². The van der Waals surface area contributed by atoms with Crippen molar-refractivity contribution in [2.24, 2.45) is 0 Å². The van der Waals surface area contributed by atoms with Gasteiger partial charge in [-0.1, -0.05) is 17.7 Å². The smallest absolute Gasteiger partial charge is 0.334 e. The fraction of sp³-hybridized carbons (Fsp3) is 0.160. The molecular weight excluding hydrogens is 465 g/mol. The number of benzene rings is 2. The number of ether oxygens (including phenoxy) is 1. The van der Waals surface area contributed by atoms with Crippen LogP contribution in [0.25, 0.3) is 11.0 Å². The van der Waals surface area contributed by atoms with E-state index in [2.05, 4.69) is 26.6 Å². The summed E-state index contributed by atoms with van der Waals surface area (Å²) in [6, 6.07) is 14.6. The summed E-state index contributed by atoms with van der Waals surface area (Å²) in [7, 11) is 2.99. The monoisotopic (exact) mass is 486 g/mol. The number of urea groups is 1. The Bertz CT molecular complexity index is 1420. The first-order chi connectivity index (χ1) is 17.1. The molecule has 3 heterocycles. The van der Waals surface area contributed by atoms with Gasteiger partial charge < -0.3 is 29.5 Å². The van der Waals surface area contributed by atoms with Gasteiger partial charge in [-0.3, -0.25) is 0 Å². The van der Waals surface area contributed by atoms with Crippen molar-refractivity contribution in [1.29, 1.82) is 0 Å². The third-order valence-electron chi connectivity index (χ3n) is 6.07. The number of pyridine rings is 1. The van der Waals surface area contributed by atoms with Crippen molar-refractivity contribution in [3.05, 3.63) is 77.1 Å². The number of nitrogens with zero attached hydrogens (tertiary/aromatic N) is 3. The molecular formula is C25H22BClN5O3. The molecule has 0 fully saturated rings. The van der Waals surface area contributed by atoms with Crippen molar-refractivity contribution in [2.75, 3.05) is 29.2 Å². The first kappa shape index (κ1) is 22.8. The number of anilines is 3. The number of carbonyl (C=O) groups is 2. The molecule has 0 unspecified atom stereocenters. The van der Waals surface area contributed by atoms with Gasteiger partial charge in [-0.05, 0) is 60.6 Å². The van der Waals surface area contributed by atoms with Crippen LogP contribution in [-0.4, -0.2) is 42.7 Å². The molecule has 175 valence electrons. The quantitative estimate of drug-likeness (QED) is 0.295. The number of hydrogen-bond acceptors (Lipinski definition) is 5. The van der Waals surface area contributed by atoms with Gasteiger partial charge in [0.1, 0.15) is 17.6 Å². The molecule has 0 spiro atoms. The maximum absolute atomic E-state index is 12.8. The van der Waals surface area contributed by atoms with E-state index in [0.717, 1.165) is 52.7 Å². The van der Waals surface area contributed by atoms with Crippen molar-refractivity contribution in [2.45, 2.75) is 13.0 Å². The Balaban J connectivity index is 1.35. The van der Waals surface area contributed by atoms with E-state index >= 15 is 0 Å². The summed E-state index contributed by atoms with van der Waals surface area (Å²) in [6.45, 7) is 1.51. The van der Waals surface area contributed by atoms with Crippen molar-refractivity contribution in [1.82, 2.24) is 9.46 Å². The van der Waals surface area contributed by atoms with Gasteiger partial charge in [-0.25, -0.2) is 9.78 Å². The van der Waals surface area contributed by atoms with E-state index in [1.165, 1.54) is 14.5 Å². The van der Waals surface area contributed by atoms with Crippen LogP contribution >= 0.6 is 11.6 Å². The van der Waals surface area contributed by atoms with Gasteiger partial charge in [-0.15, -0.1) is 0 Å². The fourth-order valence-corrected chi connectivity index (χ4v) is 4.65. The Labute approximate surface area is 208 Å². The second-order valence-corrected chi connectivity index (χ2v) is 8.55. The van der Waals surface area contributed by atoms with E-state index < -0.39 is 0 Å². The van der Waals surface area contributed by atoms with Crippen LogP contribution in [0, 0.1) is 0 Å². The Morgan fingerprint density at radius 3 is 2.89 bits per heavy atom. The Kier molecular flexibility index (Phi) is 6.33. The fourth-order valence-electron chi connectivity index (χ4n) is 4.48. The van der Waals surface area contributed by atoms with E-state index in [0.29, 0.717) is 23.0 Å². The SMILES string of the molecule is COc1ccc(Cl)cc1NC(=O)Nc1cccc2c1CCN2Cc1ccnc2c1ccn2[B]C=O. The lowest BCUT2D eigenvalue weighted by Gasteiger charge is -2.20. The number of amides is 2. The minimum absolute atomic E-state index is 0.374. The van der Waals surface area contributed by atoms with E-state index in [1.807, 2.05) is 30.5 Å². The molecule has 1 radical (unpaired) electrons. The summed E-state index contributed by atoms with van der Waals surface area (Å²) in [6.07, 6.45) is 5.15. The highest BCUT2D eigenvalue weighted by Crippen LogP contribution is 2.36. The molecule has 0 aliphatic carbocycles. The number of aromatic nitrogens is 2. The van der Waals surface area contributed by atoms with Gasteiger partial charge in [0.25, 0.3) is 0 Å². The molecule has 5 rings (SSSR count). The highest BCUT2D eigenvalue weighted by atomic mass is 35.5. The second-order valence-electron chi connectivity index (χ2n) is 8.11. The van der Waals surface area contributed by atoms with Gasteiger partial charge >= 0.3 is 13.4 Å². The number of methoxy groups -OCH3 is 1. The first-order valence-corrected chi connectivity index (χ1v) is 11.5. The number of rotatable bonds is 7. The summed E-state index contributed by atoms with van der Waals surface area (Å²) >= 11 is 6.07. The molecule has 0 saturated heterocycles. The summed E-state index contributed by atoms with van der Waals surface area (Å²) in [5, 5.41) is 7.29. The molecule has 1 aliphatic rings. The van der Waals surface area contributed by atoms with Gasteiger partial charge in [0, 0.05) is 46.6 Å². The van der Waals surface area contributed by atoms with Crippen LogP contribution in [0.1, 0.15) is 11.1 Å². The summed E-state index contributed by atoms with van der Waals surface area (Å²) in [5.74, 6) is 0.525. The number of halogens is 1. The maximum Gasteiger partial charge on any atom is 0.334 e. The average Bonchev–Trinajstić information content (AvgIpc) is 3.45. The predicted octanol–water partition coefficient (Wildman–Crippen LogP) is 4.56. The number of fused-ring (bicyclic) bond motifs is 2. The standard InChI is InChI=1S/C25H22BClN5O3/c1-35-23-6-5-17(27)13-21(23)30-25(34)29-20-3-2-4-22-19(20)8-11-31(22)14-16-7-10-28-24-18(16)9-12-32(24)26-15-33/h2-7,9-10,12-13,15H,8,11,14H2,1H3,(H2,29,30,34). The second kappa shape index (κ2) is 9.72. The number of hydrogen-bond donors (Lipinski definition) is 2. The Hall–Kier alpha value is -3.98. The van der Waals surface area contributed by atoms with Gasteiger partial charge in [-0.2, -0.15) is 0 Å². The largest absolute Gasteiger partial charge is 0.495 e. The van der Waals surface area contributed by atoms with E-state index in [1.54, 1.807) is 28.9 Å². The molecule has 2 aromatic carbocycles. The van der Waals surface area contributed by atoms with Crippen molar-refractivity contribution in [3.63, 3.8) is 0 Å². The average molecular weight is 487 g/mol. The molecule has 0 saturated carbocycles. The zero-order valence-corrected chi connectivity index (χ0v) is 19.7. The molecule has 0 atom stereocenters. The Morgan fingerprint density at radius 1 is 1.20 bits per heavy atom. The number of nitrogens with one attached hydrogen (secondary N) is 2. The highest BCUT2D eigenvalue weighted by molar-refractivity contribution is 6.66. The molecule has 0 bridgehead atoms. The van der Waals surface area contributed by atoms with Crippen LogP contribution in [0.4, 0.5) is 21.9 Å². The first-order valence-electron chi connectivity index (χ1n) is 11.1. The lowest BCUT2D eigenvalue weighted by molar-refractivity contribution is 0.262. The molecule has 1 aliphatic heterocycles. The molecule has 10 heteroatoms. The lowest BCUT2D eigenvalue weighted by Crippen LogP contribution is -2.21. The van der Waals surface area contributed by atoms with Crippen LogP contribution in [0.5, 0.6) is 5.75 Å². The molecule has 8 nitrogen and oxygen atoms in total. The van der Waals surface area contributed by atoms with Crippen molar-refractivity contribution >= 4 is 59.3 Å². The van der Waals surface area contributed by atoms with Crippen LogP contribution in [0.15, 0.2) is 60.9 Å². The van der Waals surface area contributed by atoms with Crippen LogP contribution in [0.2, 0.25) is 5.02 Å². The highest BCUT2D eigenvalue weighted by Gasteiger charge is 2.23. The molecule has 35 heavy (non-hydrogen) atoms. The predicted molar refractivity (Wildman–Crippen MR) is 139 cm³/mol. The summed E-state index contributed by atoms with van der Waals surface area (Å²) < 4.78 is 7.03. The van der Waals surface area contributed by atoms with Gasteiger partial charge in [0.05, 0.1) is 12.8 Å². The van der Waals surface area contributed by atoms with E-state index in [-0.39, 0.29) is 6.03 Å². The van der Waals surface area contributed by atoms with Gasteiger partial charge in [0.15, 0.2) is 0 Å². The summed E-state index contributed by atoms with van der Waals surface area (Å²) in [4.78, 5) is 30.4. The Morgan fingerprint density at radius 2 is 2.06 bits per heavy atom. The summed E-state index contributed by atoms with van der Waals surface area (Å²) in [5.41, 5.74) is 5.27. The minimum atomic E-state index is -0.374. The normalized spacial score (nSPS) is 12.3. The van der Waals surface area contributed by atoms with E-state index in [9.17, 15) is 9.59 Å². The third kappa shape index (κ3) is 4.55. The molecule has 2 aromatic heterocycles. The zero-order chi connectivity index (χ0) is 24.4. The third-order valence-corrected chi connectivity index (χ3v) is 6.31. The van der Waals surface area contributed by atoms with Crippen molar-refractivity contribution < 1.29 is 14.3 Å². The zero-order valence-electron chi connectivity index (χ0n) is 19.0. The van der Waals surface area contributed by atoms with E-state index in [4.69, 9.17) is 16.3 Å². The van der Waals surface area contributed by atoms with Gasteiger partial charge in [0.2, 0.25) is 0 Å². The van der Waals surface area contributed by atoms with Crippen molar-refractivity contribution in [3.8, 4) is 5.75 Å². The number of carbonyl (C=O) groups excluding carboxylic acids is 2.